The molecular weight excluding hydrogens is 246 g/mol. The summed E-state index contributed by atoms with van der Waals surface area (Å²) in [6.07, 6.45) is 2.43. The van der Waals surface area contributed by atoms with E-state index < -0.39 is 5.97 Å². The summed E-state index contributed by atoms with van der Waals surface area (Å²) in [5, 5.41) is 4.11. The highest BCUT2D eigenvalue weighted by Crippen LogP contribution is 2.21. The number of aryl methyl sites for hydroxylation is 1. The van der Waals surface area contributed by atoms with Gasteiger partial charge in [-0.15, -0.1) is 0 Å². The van der Waals surface area contributed by atoms with Crippen molar-refractivity contribution in [1.29, 1.82) is 0 Å². The lowest BCUT2D eigenvalue weighted by Gasteiger charge is -2.17. The topological polar surface area (TPSA) is 64.4 Å². The van der Waals surface area contributed by atoms with Crippen LogP contribution in [-0.2, 0) is 11.3 Å². The summed E-state index contributed by atoms with van der Waals surface area (Å²) in [5.41, 5.74) is 1.37. The van der Waals surface area contributed by atoms with E-state index >= 15 is 0 Å². The third-order valence-corrected chi connectivity index (χ3v) is 2.80. The van der Waals surface area contributed by atoms with Crippen molar-refractivity contribution in [3.63, 3.8) is 0 Å². The number of Topliss-reactive ketones (excluding diaryl/α,β-unsaturated/α-hetero) is 1. The molecule has 0 saturated heterocycles. The summed E-state index contributed by atoms with van der Waals surface area (Å²) in [7, 11) is 3.74. The summed E-state index contributed by atoms with van der Waals surface area (Å²) in [6.45, 7) is 2.62. The Kier molecular flexibility index (Phi) is 3.69. The lowest BCUT2D eigenvalue weighted by Crippen LogP contribution is -2.21. The minimum absolute atomic E-state index is 0.0806. The zero-order valence-electron chi connectivity index (χ0n) is 11.3. The SMILES string of the molecule is CCOC(=O)c1cc2n(n1)CCC(=CN(C)C)C2=O. The molecule has 0 aromatic carbocycles. The number of hydrogen-bond donors (Lipinski definition) is 0. The molecule has 0 radical (unpaired) electrons. The van der Waals surface area contributed by atoms with Gasteiger partial charge >= 0.3 is 5.97 Å². The third kappa shape index (κ3) is 2.67. The number of allylic oxidation sites excluding steroid dienone is 1. The fraction of sp³-hybridized carbons (Fsp3) is 0.462. The Bertz CT molecular complexity index is 543. The number of ketones is 1. The molecule has 0 saturated carbocycles. The number of hydrogen-bond acceptors (Lipinski definition) is 5. The molecule has 0 unspecified atom stereocenters. The van der Waals surface area contributed by atoms with Gasteiger partial charge in [-0.05, 0) is 13.3 Å². The first-order valence-electron chi connectivity index (χ1n) is 6.19. The van der Waals surface area contributed by atoms with Crippen LogP contribution >= 0.6 is 0 Å². The van der Waals surface area contributed by atoms with Gasteiger partial charge in [-0.1, -0.05) is 0 Å². The zero-order valence-corrected chi connectivity index (χ0v) is 11.3. The van der Waals surface area contributed by atoms with Crippen LogP contribution in [0.3, 0.4) is 0 Å². The molecule has 0 fully saturated rings. The van der Waals surface area contributed by atoms with E-state index in [1.807, 2.05) is 25.2 Å². The van der Waals surface area contributed by atoms with Crippen molar-refractivity contribution in [2.45, 2.75) is 19.9 Å². The summed E-state index contributed by atoms with van der Waals surface area (Å²) < 4.78 is 6.45. The van der Waals surface area contributed by atoms with Gasteiger partial charge in [0.15, 0.2) is 5.69 Å². The smallest absolute Gasteiger partial charge is 0.358 e. The molecule has 102 valence electrons. The molecule has 1 aliphatic rings. The van der Waals surface area contributed by atoms with E-state index in [0.717, 1.165) is 5.57 Å². The van der Waals surface area contributed by atoms with Crippen LogP contribution in [0.4, 0.5) is 0 Å². The van der Waals surface area contributed by atoms with Gasteiger partial charge in [-0.2, -0.15) is 5.10 Å². The maximum absolute atomic E-state index is 12.2. The van der Waals surface area contributed by atoms with Crippen LogP contribution in [0.15, 0.2) is 17.8 Å². The number of nitrogens with zero attached hydrogens (tertiary/aromatic N) is 3. The second-order valence-corrected chi connectivity index (χ2v) is 4.56. The van der Waals surface area contributed by atoms with Gasteiger partial charge in [0.2, 0.25) is 5.78 Å². The van der Waals surface area contributed by atoms with Crippen LogP contribution in [0.2, 0.25) is 0 Å². The van der Waals surface area contributed by atoms with Gasteiger partial charge in [-0.3, -0.25) is 9.48 Å². The number of aromatic nitrogens is 2. The van der Waals surface area contributed by atoms with E-state index in [2.05, 4.69) is 5.10 Å². The molecule has 0 spiro atoms. The maximum atomic E-state index is 12.2. The van der Waals surface area contributed by atoms with Crippen molar-refractivity contribution in [2.24, 2.45) is 0 Å². The maximum Gasteiger partial charge on any atom is 0.358 e. The molecule has 1 aromatic heterocycles. The highest BCUT2D eigenvalue weighted by Gasteiger charge is 2.26. The quantitative estimate of drug-likeness (QED) is 0.603. The van der Waals surface area contributed by atoms with Gasteiger partial charge in [0.05, 0.1) is 6.61 Å². The molecule has 1 aromatic rings. The Morgan fingerprint density at radius 2 is 2.32 bits per heavy atom. The average Bonchev–Trinajstić information content (AvgIpc) is 2.77. The molecule has 2 heterocycles. The summed E-state index contributed by atoms with van der Waals surface area (Å²) in [4.78, 5) is 25.7. The Morgan fingerprint density at radius 1 is 1.58 bits per heavy atom. The van der Waals surface area contributed by atoms with Crippen molar-refractivity contribution in [1.82, 2.24) is 14.7 Å². The third-order valence-electron chi connectivity index (χ3n) is 2.80. The average molecular weight is 263 g/mol. The van der Waals surface area contributed by atoms with E-state index in [0.29, 0.717) is 25.3 Å². The van der Waals surface area contributed by atoms with Crippen LogP contribution in [-0.4, -0.2) is 47.1 Å². The van der Waals surface area contributed by atoms with E-state index in [1.165, 1.54) is 6.07 Å². The predicted octanol–water partition coefficient (Wildman–Crippen LogP) is 1.09. The van der Waals surface area contributed by atoms with Crippen LogP contribution in [0, 0.1) is 0 Å². The predicted molar refractivity (Wildman–Crippen MR) is 68.9 cm³/mol. The van der Waals surface area contributed by atoms with Crippen LogP contribution < -0.4 is 0 Å². The molecule has 1 aliphatic heterocycles. The molecule has 0 atom stereocenters. The van der Waals surface area contributed by atoms with Gasteiger partial charge < -0.3 is 9.64 Å². The van der Waals surface area contributed by atoms with Gasteiger partial charge in [-0.25, -0.2) is 4.79 Å². The first-order chi connectivity index (χ1) is 9.02. The molecule has 0 bridgehead atoms. The van der Waals surface area contributed by atoms with Gasteiger partial charge in [0, 0.05) is 38.5 Å². The van der Waals surface area contributed by atoms with Crippen molar-refractivity contribution in [3.8, 4) is 0 Å². The van der Waals surface area contributed by atoms with Crippen LogP contribution in [0.5, 0.6) is 0 Å². The second-order valence-electron chi connectivity index (χ2n) is 4.56. The lowest BCUT2D eigenvalue weighted by molar-refractivity contribution is 0.0518. The molecule has 2 rings (SSSR count). The van der Waals surface area contributed by atoms with E-state index in [9.17, 15) is 9.59 Å². The Hall–Kier alpha value is -2.11. The fourth-order valence-corrected chi connectivity index (χ4v) is 2.01. The monoisotopic (exact) mass is 263 g/mol. The number of fused-ring (bicyclic) bond motifs is 1. The molecule has 0 aliphatic carbocycles. The van der Waals surface area contributed by atoms with Gasteiger partial charge in [0.25, 0.3) is 0 Å². The first-order valence-corrected chi connectivity index (χ1v) is 6.19. The molecule has 19 heavy (non-hydrogen) atoms. The summed E-state index contributed by atoms with van der Waals surface area (Å²) in [6, 6.07) is 1.50. The number of esters is 1. The Morgan fingerprint density at radius 3 is 2.95 bits per heavy atom. The molecule has 6 nitrogen and oxygen atoms in total. The number of rotatable bonds is 3. The van der Waals surface area contributed by atoms with Crippen LogP contribution in [0.25, 0.3) is 0 Å². The number of carbonyl (C=O) groups excluding carboxylic acids is 2. The normalized spacial score (nSPS) is 16.4. The largest absolute Gasteiger partial charge is 0.461 e. The fourth-order valence-electron chi connectivity index (χ4n) is 2.01. The van der Waals surface area contributed by atoms with Crippen molar-refractivity contribution < 1.29 is 14.3 Å². The second kappa shape index (κ2) is 5.26. The zero-order chi connectivity index (χ0) is 14.0. The highest BCUT2D eigenvalue weighted by atomic mass is 16.5. The molecular formula is C13H17N3O3. The minimum atomic E-state index is -0.490. The lowest BCUT2D eigenvalue weighted by atomic mass is 10.0. The van der Waals surface area contributed by atoms with E-state index in [4.69, 9.17) is 4.74 Å². The van der Waals surface area contributed by atoms with Crippen molar-refractivity contribution in [2.75, 3.05) is 20.7 Å². The highest BCUT2D eigenvalue weighted by molar-refractivity contribution is 6.09. The number of carbonyl (C=O) groups is 2. The summed E-state index contributed by atoms with van der Waals surface area (Å²) in [5.74, 6) is -0.571. The minimum Gasteiger partial charge on any atom is -0.461 e. The Balaban J connectivity index is 2.30. The number of ether oxygens (including phenoxy) is 1. The standard InChI is InChI=1S/C13H17N3O3/c1-4-19-13(18)10-7-11-12(17)9(8-15(2)3)5-6-16(11)14-10/h7-8H,4-6H2,1-3H3. The molecule has 0 N–H and O–H groups in total. The molecule has 6 heteroatoms. The van der Waals surface area contributed by atoms with Crippen LogP contribution in [0.1, 0.15) is 34.3 Å². The van der Waals surface area contributed by atoms with E-state index in [1.54, 1.807) is 11.6 Å². The van der Waals surface area contributed by atoms with Crippen molar-refractivity contribution in [3.05, 3.63) is 29.2 Å². The van der Waals surface area contributed by atoms with Crippen molar-refractivity contribution >= 4 is 11.8 Å². The van der Waals surface area contributed by atoms with E-state index in [-0.39, 0.29) is 11.5 Å². The van der Waals surface area contributed by atoms with Gasteiger partial charge in [0.1, 0.15) is 5.69 Å². The molecule has 0 amide bonds. The Labute approximate surface area is 111 Å². The first kappa shape index (κ1) is 13.3. The summed E-state index contributed by atoms with van der Waals surface area (Å²) >= 11 is 0.